The Balaban J connectivity index is 1.78. The summed E-state index contributed by atoms with van der Waals surface area (Å²) < 4.78 is 1.73. The van der Waals surface area contributed by atoms with Gasteiger partial charge in [0.25, 0.3) is 0 Å². The number of fused-ring (bicyclic) bond motifs is 3. The van der Waals surface area contributed by atoms with Crippen LogP contribution >= 0.6 is 11.3 Å². The molecule has 0 aliphatic carbocycles. The standard InChI is InChI=1S/C17H17N5OS/c1-3-4-5-14-20-10(2)13(24-14)9-22-12-8-19-16-11(6-7-18-16)15(12)21-17(22)23/h3-4,6-8H,5,9H2,1-2H3,(H,18,19)(H,21,23)/b4-3-. The lowest BCUT2D eigenvalue weighted by molar-refractivity contribution is 0.790. The molecule has 7 heteroatoms. The molecular weight excluding hydrogens is 322 g/mol. The number of nitrogens with zero attached hydrogens (tertiary/aromatic N) is 3. The van der Waals surface area contributed by atoms with Crippen LogP contribution in [0.3, 0.4) is 0 Å². The Morgan fingerprint density at radius 3 is 3.12 bits per heavy atom. The first kappa shape index (κ1) is 14.9. The van der Waals surface area contributed by atoms with Crippen LogP contribution in [0.1, 0.15) is 22.5 Å². The van der Waals surface area contributed by atoms with Gasteiger partial charge in [-0.25, -0.2) is 14.8 Å². The van der Waals surface area contributed by atoms with Crippen LogP contribution in [0.5, 0.6) is 0 Å². The van der Waals surface area contributed by atoms with Crippen molar-refractivity contribution in [2.24, 2.45) is 0 Å². The number of allylic oxidation sites excluding steroid dienone is 2. The third kappa shape index (κ3) is 2.37. The number of aromatic amines is 2. The lowest BCUT2D eigenvalue weighted by Crippen LogP contribution is -2.17. The number of aryl methyl sites for hydroxylation is 1. The van der Waals surface area contributed by atoms with E-state index in [1.807, 2.05) is 32.2 Å². The van der Waals surface area contributed by atoms with Gasteiger partial charge in [0, 0.05) is 22.9 Å². The van der Waals surface area contributed by atoms with Gasteiger partial charge < -0.3 is 9.97 Å². The quantitative estimate of drug-likeness (QED) is 0.561. The topological polar surface area (TPSA) is 79.4 Å². The third-order valence-corrected chi connectivity index (χ3v) is 5.27. The van der Waals surface area contributed by atoms with E-state index in [2.05, 4.69) is 26.0 Å². The minimum Gasteiger partial charge on any atom is -0.346 e. The van der Waals surface area contributed by atoms with Crippen molar-refractivity contribution in [3.63, 3.8) is 0 Å². The van der Waals surface area contributed by atoms with Crippen molar-refractivity contribution < 1.29 is 0 Å². The summed E-state index contributed by atoms with van der Waals surface area (Å²) in [5, 5.41) is 2.00. The van der Waals surface area contributed by atoms with E-state index in [-0.39, 0.29) is 5.69 Å². The molecule has 0 unspecified atom stereocenters. The van der Waals surface area contributed by atoms with E-state index in [1.54, 1.807) is 22.1 Å². The van der Waals surface area contributed by atoms with Crippen molar-refractivity contribution in [3.8, 4) is 0 Å². The maximum absolute atomic E-state index is 12.4. The molecule has 0 aromatic carbocycles. The molecule has 4 aromatic heterocycles. The van der Waals surface area contributed by atoms with Crippen LogP contribution in [0.2, 0.25) is 0 Å². The molecule has 0 aliphatic heterocycles. The normalized spacial score (nSPS) is 12.1. The number of thiazole rings is 1. The van der Waals surface area contributed by atoms with Crippen molar-refractivity contribution in [2.45, 2.75) is 26.8 Å². The molecule has 0 aliphatic rings. The Labute approximate surface area is 141 Å². The van der Waals surface area contributed by atoms with Crippen molar-refractivity contribution in [3.05, 3.63) is 56.7 Å². The van der Waals surface area contributed by atoms with E-state index in [9.17, 15) is 4.79 Å². The molecule has 2 N–H and O–H groups in total. The monoisotopic (exact) mass is 339 g/mol. The number of aromatic nitrogens is 5. The second-order valence-electron chi connectivity index (χ2n) is 5.66. The number of pyridine rings is 1. The first-order valence-corrected chi connectivity index (χ1v) is 8.60. The van der Waals surface area contributed by atoms with E-state index in [0.29, 0.717) is 6.54 Å². The molecule has 4 rings (SSSR count). The Hall–Kier alpha value is -2.67. The highest BCUT2D eigenvalue weighted by molar-refractivity contribution is 7.11. The van der Waals surface area contributed by atoms with Gasteiger partial charge in [0.1, 0.15) is 5.65 Å². The van der Waals surface area contributed by atoms with Gasteiger partial charge in [0.2, 0.25) is 0 Å². The minimum absolute atomic E-state index is 0.122. The fraction of sp³-hybridized carbons (Fsp3) is 0.235. The highest BCUT2D eigenvalue weighted by atomic mass is 32.1. The summed E-state index contributed by atoms with van der Waals surface area (Å²) in [4.78, 5) is 28.6. The van der Waals surface area contributed by atoms with Crippen molar-refractivity contribution >= 4 is 33.4 Å². The zero-order valence-electron chi connectivity index (χ0n) is 13.5. The molecule has 0 radical (unpaired) electrons. The average molecular weight is 339 g/mol. The lowest BCUT2D eigenvalue weighted by atomic mass is 10.3. The predicted octanol–water partition coefficient (Wildman–Crippen LogP) is 3.14. The van der Waals surface area contributed by atoms with E-state index in [4.69, 9.17) is 0 Å². The SMILES string of the molecule is C/C=C\Cc1nc(C)c(Cn2c(=O)[nH]c3c4cc[nH]c4ncc32)s1. The zero-order chi connectivity index (χ0) is 16.7. The minimum atomic E-state index is -0.122. The second-order valence-corrected chi connectivity index (χ2v) is 6.83. The fourth-order valence-electron chi connectivity index (χ4n) is 2.86. The third-order valence-electron chi connectivity index (χ3n) is 4.10. The summed E-state index contributed by atoms with van der Waals surface area (Å²) in [6, 6.07) is 1.93. The van der Waals surface area contributed by atoms with Gasteiger partial charge in [0.05, 0.1) is 34.5 Å². The largest absolute Gasteiger partial charge is 0.346 e. The summed E-state index contributed by atoms with van der Waals surface area (Å²) >= 11 is 1.66. The van der Waals surface area contributed by atoms with Gasteiger partial charge in [-0.05, 0) is 19.9 Å². The Morgan fingerprint density at radius 2 is 2.29 bits per heavy atom. The van der Waals surface area contributed by atoms with Crippen LogP contribution in [0.4, 0.5) is 0 Å². The van der Waals surface area contributed by atoms with E-state index in [0.717, 1.165) is 44.1 Å². The molecule has 6 nitrogen and oxygen atoms in total. The number of imidazole rings is 1. The van der Waals surface area contributed by atoms with Gasteiger partial charge >= 0.3 is 5.69 Å². The summed E-state index contributed by atoms with van der Waals surface area (Å²) in [6.45, 7) is 4.50. The first-order valence-electron chi connectivity index (χ1n) is 7.78. The number of rotatable bonds is 4. The molecule has 0 amide bonds. The lowest BCUT2D eigenvalue weighted by Gasteiger charge is -2.02. The smallest absolute Gasteiger partial charge is 0.326 e. The van der Waals surface area contributed by atoms with Gasteiger partial charge in [-0.3, -0.25) is 4.57 Å². The van der Waals surface area contributed by atoms with Gasteiger partial charge in [-0.15, -0.1) is 11.3 Å². The van der Waals surface area contributed by atoms with Crippen LogP contribution < -0.4 is 5.69 Å². The summed E-state index contributed by atoms with van der Waals surface area (Å²) in [6.07, 6.45) is 8.51. The summed E-state index contributed by atoms with van der Waals surface area (Å²) in [7, 11) is 0. The highest BCUT2D eigenvalue weighted by Gasteiger charge is 2.14. The van der Waals surface area contributed by atoms with Crippen molar-refractivity contribution in [1.82, 2.24) is 24.5 Å². The van der Waals surface area contributed by atoms with E-state index >= 15 is 0 Å². The Bertz CT molecular complexity index is 1110. The molecule has 24 heavy (non-hydrogen) atoms. The van der Waals surface area contributed by atoms with Gasteiger partial charge in [0.15, 0.2) is 0 Å². The molecule has 122 valence electrons. The molecule has 0 saturated carbocycles. The Kier molecular flexibility index (Phi) is 3.57. The number of H-pyrrole nitrogens is 2. The van der Waals surface area contributed by atoms with Gasteiger partial charge in [-0.2, -0.15) is 0 Å². The van der Waals surface area contributed by atoms with Crippen LogP contribution in [0.15, 0.2) is 35.4 Å². The predicted molar refractivity (Wildman–Crippen MR) is 96.7 cm³/mol. The second kappa shape index (κ2) is 5.76. The number of hydrogen-bond acceptors (Lipinski definition) is 4. The van der Waals surface area contributed by atoms with Gasteiger partial charge in [-0.1, -0.05) is 12.2 Å². The molecule has 0 atom stereocenters. The molecule has 4 aromatic rings. The van der Waals surface area contributed by atoms with Crippen molar-refractivity contribution in [2.75, 3.05) is 0 Å². The molecule has 4 heterocycles. The molecule has 0 fully saturated rings. The first-order chi connectivity index (χ1) is 11.7. The fourth-order valence-corrected chi connectivity index (χ4v) is 3.89. The number of nitrogens with one attached hydrogen (secondary N) is 2. The van der Waals surface area contributed by atoms with E-state index < -0.39 is 0 Å². The molecule has 0 saturated heterocycles. The maximum atomic E-state index is 12.4. The molecule has 0 spiro atoms. The van der Waals surface area contributed by atoms with Crippen molar-refractivity contribution in [1.29, 1.82) is 0 Å². The van der Waals surface area contributed by atoms with Crippen LogP contribution in [0, 0.1) is 6.92 Å². The Morgan fingerprint density at radius 1 is 1.42 bits per heavy atom. The number of hydrogen-bond donors (Lipinski definition) is 2. The average Bonchev–Trinajstić information content (AvgIpc) is 3.24. The van der Waals surface area contributed by atoms with Crippen LogP contribution in [0.25, 0.3) is 22.1 Å². The van der Waals surface area contributed by atoms with E-state index in [1.165, 1.54) is 0 Å². The molecular formula is C17H17N5OS. The maximum Gasteiger partial charge on any atom is 0.326 e. The highest BCUT2D eigenvalue weighted by Crippen LogP contribution is 2.23. The summed E-state index contributed by atoms with van der Waals surface area (Å²) in [5.41, 5.74) is 3.27. The molecule has 0 bridgehead atoms. The van der Waals surface area contributed by atoms with Crippen LogP contribution in [-0.4, -0.2) is 24.5 Å². The summed E-state index contributed by atoms with van der Waals surface area (Å²) in [5.74, 6) is 0. The van der Waals surface area contributed by atoms with Crippen LogP contribution in [-0.2, 0) is 13.0 Å². The zero-order valence-corrected chi connectivity index (χ0v) is 14.3.